The highest BCUT2D eigenvalue weighted by Crippen LogP contribution is 2.48. The second kappa shape index (κ2) is 27.3. The third-order valence-corrected chi connectivity index (χ3v) is 26.0. The highest BCUT2D eigenvalue weighted by atomic mass is 28.3. The van der Waals surface area contributed by atoms with Crippen LogP contribution < -0.4 is 30.5 Å². The average Bonchev–Trinajstić information content (AvgIpc) is 1.05. The molecule has 0 aliphatic heterocycles. The summed E-state index contributed by atoms with van der Waals surface area (Å²) in [6.45, 7) is 7.72. The number of fused-ring (bicyclic) bond motifs is 10. The zero-order chi connectivity index (χ0) is 71.2. The maximum absolute atomic E-state index is 7.72. The maximum Gasteiger partial charge on any atom is 0.189 e. The molecule has 6 heteroatoms. The zero-order valence-electron chi connectivity index (χ0n) is 58.3. The van der Waals surface area contributed by atoms with Crippen LogP contribution >= 0.6 is 0 Å². The molecule has 0 bridgehead atoms. The molecule has 0 unspecified atom stereocenters. The number of benzene rings is 18. The molecule has 20 rings (SSSR count). The minimum atomic E-state index is -2.67. The van der Waals surface area contributed by atoms with Crippen molar-refractivity contribution in [3.8, 4) is 33.4 Å². The van der Waals surface area contributed by atoms with Gasteiger partial charge in [-0.1, -0.05) is 303 Å². The minimum absolute atomic E-state index is 0.591. The zero-order valence-corrected chi connectivity index (χ0v) is 59.3. The second-order valence-corrected chi connectivity index (χ2v) is 31.1. The molecule has 0 saturated carbocycles. The fraction of sp³-hybridized carbons (Fsp3) is 0. The van der Waals surface area contributed by atoms with E-state index in [1.165, 1.54) is 91.7 Å². The van der Waals surface area contributed by atoms with Crippen LogP contribution in [0.15, 0.2) is 415 Å². The van der Waals surface area contributed by atoms with Gasteiger partial charge in [0.2, 0.25) is 0 Å². The van der Waals surface area contributed by atoms with Crippen molar-refractivity contribution < 1.29 is 8.83 Å². The lowest BCUT2D eigenvalue weighted by atomic mass is 9.85. The van der Waals surface area contributed by atoms with Gasteiger partial charge in [-0.2, -0.15) is 0 Å². The number of nitrogens with zero attached hydrogens (tertiary/aromatic N) is 3. The highest BCUT2D eigenvalue weighted by Gasteiger charge is 2.41. The number of hydrogen-bond donors (Lipinski definition) is 0. The van der Waals surface area contributed by atoms with Gasteiger partial charge in [0.1, 0.15) is 22.3 Å². The first-order valence-electron chi connectivity index (χ1n) is 36.3. The Bertz CT molecular complexity index is 6610. The normalized spacial score (nSPS) is 11.5. The molecule has 18 aromatic carbocycles. The Morgan fingerprint density at radius 3 is 1.13 bits per heavy atom. The van der Waals surface area contributed by atoms with Crippen LogP contribution in [0.4, 0.5) is 39.8 Å². The summed E-state index contributed by atoms with van der Waals surface area (Å²) in [5, 5.41) is 19.7. The molecule has 0 saturated heterocycles. The van der Waals surface area contributed by atoms with Crippen LogP contribution in [0, 0.1) is 6.57 Å². The lowest BCUT2D eigenvalue weighted by Gasteiger charge is -2.35. The summed E-state index contributed by atoms with van der Waals surface area (Å²) >= 11 is 0. The second-order valence-electron chi connectivity index (χ2n) is 27.3. The van der Waals surface area contributed by atoms with E-state index in [0.29, 0.717) is 5.69 Å². The molecular formula is C101H67N3O2Si. The van der Waals surface area contributed by atoms with Crippen molar-refractivity contribution >= 4 is 156 Å². The fourth-order valence-electron chi connectivity index (χ4n) is 16.4. The molecule has 502 valence electrons. The molecule has 0 amide bonds. The Labute approximate surface area is 621 Å². The van der Waals surface area contributed by atoms with Crippen molar-refractivity contribution in [3.63, 3.8) is 0 Å². The average molecular weight is 1380 g/mol. The van der Waals surface area contributed by atoms with Gasteiger partial charge in [-0.3, -0.25) is 0 Å². The predicted octanol–water partition coefficient (Wildman–Crippen LogP) is 25.7. The van der Waals surface area contributed by atoms with E-state index in [1.54, 1.807) is 0 Å². The van der Waals surface area contributed by atoms with E-state index < -0.39 is 8.07 Å². The molecule has 0 atom stereocenters. The molecule has 0 fully saturated rings. The van der Waals surface area contributed by atoms with Gasteiger partial charge < -0.3 is 18.6 Å². The van der Waals surface area contributed by atoms with Crippen molar-refractivity contribution in [2.75, 3.05) is 9.80 Å². The highest BCUT2D eigenvalue weighted by molar-refractivity contribution is 7.19. The lowest BCUT2D eigenvalue weighted by Crippen LogP contribution is -2.74. The topological polar surface area (TPSA) is 37.1 Å². The smallest absolute Gasteiger partial charge is 0.189 e. The van der Waals surface area contributed by atoms with E-state index in [9.17, 15) is 0 Å². The Morgan fingerprint density at radius 1 is 0.224 bits per heavy atom. The minimum Gasteiger partial charge on any atom is -0.456 e. The van der Waals surface area contributed by atoms with Crippen molar-refractivity contribution in [3.05, 3.63) is 418 Å². The summed E-state index contributed by atoms with van der Waals surface area (Å²) in [7, 11) is -2.67. The Kier molecular flexibility index (Phi) is 16.3. The Hall–Kier alpha value is -14.1. The van der Waals surface area contributed by atoms with Crippen molar-refractivity contribution in [1.29, 1.82) is 0 Å². The van der Waals surface area contributed by atoms with Crippen molar-refractivity contribution in [2.24, 2.45) is 0 Å². The summed E-state index contributed by atoms with van der Waals surface area (Å²) in [4.78, 5) is 8.29. The SMILES string of the molecule is [C-]#[N+]c1cccc(N(c2ccc(-c3c4ccccc4c(-c4cccc5ccccc45)c4ccccc34)cc2)c2ccc3c(c2)oc2ccccc23)c1.c1ccc([Si](c2ccccc2)(c2ccccc2)c2ccc(N(c3ccc(-c4ccc5ccccc5c4)cc3)c3ccc4c(c3)oc3ccccc34)cc2)cc1. The van der Waals surface area contributed by atoms with Crippen LogP contribution in [-0.4, -0.2) is 8.07 Å². The fourth-order valence-corrected chi connectivity index (χ4v) is 21.1. The maximum atomic E-state index is 7.72. The monoisotopic (exact) mass is 1380 g/mol. The summed E-state index contributed by atoms with van der Waals surface area (Å²) in [5.41, 5.74) is 17.3. The molecule has 20 aromatic rings. The first-order chi connectivity index (χ1) is 53.0. The van der Waals surface area contributed by atoms with E-state index in [-0.39, 0.29) is 0 Å². The van der Waals surface area contributed by atoms with Crippen LogP contribution in [0.3, 0.4) is 0 Å². The van der Waals surface area contributed by atoms with Gasteiger partial charge >= 0.3 is 0 Å². The molecule has 0 aliphatic carbocycles. The van der Waals surface area contributed by atoms with Gasteiger partial charge in [0.05, 0.1) is 6.57 Å². The number of rotatable bonds is 13. The Balaban J connectivity index is 0.000000146. The van der Waals surface area contributed by atoms with Crippen LogP contribution in [0.2, 0.25) is 0 Å². The van der Waals surface area contributed by atoms with Gasteiger partial charge in [0.25, 0.3) is 0 Å². The molecule has 0 radical (unpaired) electrons. The number of para-hydroxylation sites is 2. The first-order valence-corrected chi connectivity index (χ1v) is 38.3. The van der Waals surface area contributed by atoms with Gasteiger partial charge in [-0.15, -0.1) is 0 Å². The molecule has 2 heterocycles. The Morgan fingerprint density at radius 2 is 0.598 bits per heavy atom. The molecule has 0 N–H and O–H groups in total. The summed E-state index contributed by atoms with van der Waals surface area (Å²) in [6.07, 6.45) is 0. The van der Waals surface area contributed by atoms with Crippen LogP contribution in [0.5, 0.6) is 0 Å². The molecule has 0 spiro atoms. The number of anilines is 6. The first kappa shape index (κ1) is 63.8. The van der Waals surface area contributed by atoms with E-state index in [0.717, 1.165) is 83.6 Å². The molecular weight excluding hydrogens is 1320 g/mol. The molecule has 5 nitrogen and oxygen atoms in total. The van der Waals surface area contributed by atoms with Crippen LogP contribution in [0.1, 0.15) is 0 Å². The van der Waals surface area contributed by atoms with E-state index in [1.807, 2.05) is 48.5 Å². The molecule has 2 aromatic heterocycles. The van der Waals surface area contributed by atoms with Crippen molar-refractivity contribution in [1.82, 2.24) is 0 Å². The lowest BCUT2D eigenvalue weighted by molar-refractivity contribution is 0.668. The number of hydrogen-bond acceptors (Lipinski definition) is 4. The van der Waals surface area contributed by atoms with Gasteiger partial charge in [-0.05, 0) is 188 Å². The predicted molar refractivity (Wildman–Crippen MR) is 453 cm³/mol. The summed E-state index contributed by atoms with van der Waals surface area (Å²) < 4.78 is 12.7. The molecule has 107 heavy (non-hydrogen) atoms. The van der Waals surface area contributed by atoms with Crippen molar-refractivity contribution in [2.45, 2.75) is 0 Å². The van der Waals surface area contributed by atoms with Gasteiger partial charge in [-0.25, -0.2) is 4.85 Å². The van der Waals surface area contributed by atoms with E-state index >= 15 is 0 Å². The molecule has 0 aliphatic rings. The van der Waals surface area contributed by atoms with E-state index in [2.05, 4.69) is 373 Å². The van der Waals surface area contributed by atoms with Gasteiger partial charge in [0.15, 0.2) is 13.8 Å². The quantitative estimate of drug-likeness (QED) is 0.0499. The third kappa shape index (κ3) is 11.4. The third-order valence-electron chi connectivity index (χ3n) is 21.2. The summed E-state index contributed by atoms with van der Waals surface area (Å²) in [5.74, 6) is 0. The van der Waals surface area contributed by atoms with E-state index in [4.69, 9.17) is 15.4 Å². The number of furan rings is 2. The van der Waals surface area contributed by atoms with Crippen LogP contribution in [0.25, 0.3) is 125 Å². The van der Waals surface area contributed by atoms with Crippen LogP contribution in [-0.2, 0) is 0 Å². The van der Waals surface area contributed by atoms with Gasteiger partial charge in [0, 0.05) is 67.8 Å². The summed E-state index contributed by atoms with van der Waals surface area (Å²) in [6, 6.07) is 146. The largest absolute Gasteiger partial charge is 0.456 e. The standard InChI is InChI=1S/C52H37NOSi.C49H30N2O/c1-4-16-45(17-5-1)55(46-18-6-2-7-19-46,47-20-8-3-9-21-47)48-33-30-43(31-34-48)53(44-32-35-50-49-22-12-13-23-51(49)54-52(50)37-44)42-28-26-39(27-29-42)41-25-24-38-14-10-11-15-40(38)36-41;1-50-34-14-11-15-36(30-34)51(37-28-29-40-39-17-8-9-23-46(39)52-47(40)31-37)35-26-24-33(25-27-35)48-42-18-4-6-20-44(42)49(45-21-7-5-19-43(45)48)41-22-10-13-32-12-2-3-16-38(32)41/h1-37H;2-31H.